The van der Waals surface area contributed by atoms with Gasteiger partial charge in [-0.05, 0) is 25.7 Å². The zero-order valence-electron chi connectivity index (χ0n) is 11.4. The Bertz CT molecular complexity index is 294. The second-order valence-electron chi connectivity index (χ2n) is 4.86. The van der Waals surface area contributed by atoms with E-state index >= 15 is 0 Å². The molecule has 2 atom stereocenters. The van der Waals surface area contributed by atoms with Crippen molar-refractivity contribution >= 4 is 11.9 Å². The van der Waals surface area contributed by atoms with E-state index in [2.05, 4.69) is 4.74 Å². The van der Waals surface area contributed by atoms with Gasteiger partial charge >= 0.3 is 5.97 Å². The van der Waals surface area contributed by atoms with Gasteiger partial charge in [0, 0.05) is 12.6 Å². The molecule has 0 aromatic heterocycles. The molecule has 0 bridgehead atoms. The zero-order chi connectivity index (χ0) is 13.5. The van der Waals surface area contributed by atoms with Crippen molar-refractivity contribution in [3.63, 3.8) is 0 Å². The number of carbonyl (C=O) groups is 2. The number of rotatable bonds is 5. The minimum atomic E-state index is -0.437. The van der Waals surface area contributed by atoms with Crippen LogP contribution in [0.15, 0.2) is 0 Å². The molecule has 0 aromatic rings. The lowest BCUT2D eigenvalue weighted by Gasteiger charge is -2.36. The molecule has 0 aromatic carbocycles. The molecule has 1 saturated heterocycles. The fourth-order valence-corrected chi connectivity index (χ4v) is 2.43. The van der Waals surface area contributed by atoms with E-state index in [1.54, 1.807) is 4.90 Å². The first-order valence-electron chi connectivity index (χ1n) is 6.73. The molecule has 5 heteroatoms. The van der Waals surface area contributed by atoms with Gasteiger partial charge in [0.2, 0.25) is 5.91 Å². The number of ether oxygens (including phenoxy) is 1. The minimum absolute atomic E-state index is 0.0227. The van der Waals surface area contributed by atoms with Crippen LogP contribution in [0.1, 0.15) is 45.4 Å². The molecule has 0 spiro atoms. The van der Waals surface area contributed by atoms with Gasteiger partial charge in [-0.2, -0.15) is 0 Å². The van der Waals surface area contributed by atoms with E-state index in [0.717, 1.165) is 25.7 Å². The number of hydrogen-bond donors (Lipinski definition) is 1. The van der Waals surface area contributed by atoms with Crippen molar-refractivity contribution in [1.82, 2.24) is 4.90 Å². The summed E-state index contributed by atoms with van der Waals surface area (Å²) in [6, 6.07) is -0.477. The summed E-state index contributed by atoms with van der Waals surface area (Å²) in [4.78, 5) is 25.3. The van der Waals surface area contributed by atoms with Crippen LogP contribution in [0.25, 0.3) is 0 Å². The standard InChI is InChI=1S/C13H24N2O3/c1-3-6-11(14)13(17)15-8-5-4-7-10(15)9-12(16)18-2/h10-11H,3-9,14H2,1-2H3/t10?,11-/m1/s1. The van der Waals surface area contributed by atoms with E-state index in [9.17, 15) is 9.59 Å². The third-order valence-corrected chi connectivity index (χ3v) is 3.46. The fourth-order valence-electron chi connectivity index (χ4n) is 2.43. The van der Waals surface area contributed by atoms with E-state index in [0.29, 0.717) is 13.0 Å². The summed E-state index contributed by atoms with van der Waals surface area (Å²) in [6.45, 7) is 2.72. The Labute approximate surface area is 109 Å². The second-order valence-corrected chi connectivity index (χ2v) is 4.86. The van der Waals surface area contributed by atoms with Crippen LogP contribution in [-0.2, 0) is 14.3 Å². The number of esters is 1. The van der Waals surface area contributed by atoms with E-state index in [4.69, 9.17) is 5.73 Å². The number of methoxy groups -OCH3 is 1. The lowest BCUT2D eigenvalue weighted by molar-refractivity contribution is -0.145. The van der Waals surface area contributed by atoms with E-state index in [1.165, 1.54) is 7.11 Å². The Morgan fingerprint density at radius 1 is 1.44 bits per heavy atom. The number of nitrogens with two attached hydrogens (primary N) is 1. The molecule has 1 rings (SSSR count). The van der Waals surface area contributed by atoms with Crippen molar-refractivity contribution < 1.29 is 14.3 Å². The van der Waals surface area contributed by atoms with Gasteiger partial charge in [-0.3, -0.25) is 9.59 Å². The summed E-state index contributed by atoms with van der Waals surface area (Å²) >= 11 is 0. The molecular formula is C13H24N2O3. The van der Waals surface area contributed by atoms with Crippen LogP contribution >= 0.6 is 0 Å². The fraction of sp³-hybridized carbons (Fsp3) is 0.846. The Morgan fingerprint density at radius 2 is 2.17 bits per heavy atom. The molecule has 104 valence electrons. The van der Waals surface area contributed by atoms with Gasteiger partial charge in [0.1, 0.15) is 0 Å². The van der Waals surface area contributed by atoms with Crippen molar-refractivity contribution in [2.75, 3.05) is 13.7 Å². The van der Waals surface area contributed by atoms with Crippen molar-refractivity contribution in [3.05, 3.63) is 0 Å². The third kappa shape index (κ3) is 3.98. The summed E-state index contributed by atoms with van der Waals surface area (Å²) in [5.41, 5.74) is 5.88. The lowest BCUT2D eigenvalue weighted by atomic mass is 9.97. The topological polar surface area (TPSA) is 72.6 Å². The highest BCUT2D eigenvalue weighted by atomic mass is 16.5. The van der Waals surface area contributed by atoms with E-state index < -0.39 is 6.04 Å². The highest BCUT2D eigenvalue weighted by Gasteiger charge is 2.31. The number of nitrogens with zero attached hydrogens (tertiary/aromatic N) is 1. The summed E-state index contributed by atoms with van der Waals surface area (Å²) in [6.07, 6.45) is 4.76. The first-order chi connectivity index (χ1) is 8.60. The predicted octanol–water partition coefficient (Wildman–Crippen LogP) is 1.06. The van der Waals surface area contributed by atoms with Crippen LogP contribution in [0.3, 0.4) is 0 Å². The number of amides is 1. The quantitative estimate of drug-likeness (QED) is 0.746. The molecule has 1 fully saturated rings. The van der Waals surface area contributed by atoms with Crippen LogP contribution in [0.5, 0.6) is 0 Å². The maximum atomic E-state index is 12.2. The maximum Gasteiger partial charge on any atom is 0.307 e. The van der Waals surface area contributed by atoms with Crippen LogP contribution in [0.2, 0.25) is 0 Å². The zero-order valence-corrected chi connectivity index (χ0v) is 11.4. The molecule has 0 radical (unpaired) electrons. The summed E-state index contributed by atoms with van der Waals surface area (Å²) in [5, 5.41) is 0. The Hall–Kier alpha value is -1.10. The smallest absolute Gasteiger partial charge is 0.307 e. The molecule has 2 N–H and O–H groups in total. The molecule has 1 unspecified atom stereocenters. The van der Waals surface area contributed by atoms with Crippen molar-refractivity contribution in [2.24, 2.45) is 5.73 Å². The predicted molar refractivity (Wildman–Crippen MR) is 68.9 cm³/mol. The highest BCUT2D eigenvalue weighted by Crippen LogP contribution is 2.21. The number of carbonyl (C=O) groups excluding carboxylic acids is 2. The third-order valence-electron chi connectivity index (χ3n) is 3.46. The molecular weight excluding hydrogens is 232 g/mol. The van der Waals surface area contributed by atoms with E-state index in [1.807, 2.05) is 6.92 Å². The van der Waals surface area contributed by atoms with Crippen molar-refractivity contribution in [3.8, 4) is 0 Å². The van der Waals surface area contributed by atoms with Gasteiger partial charge in [0.05, 0.1) is 19.6 Å². The average Bonchev–Trinajstić information content (AvgIpc) is 2.38. The second kappa shape index (κ2) is 7.36. The van der Waals surface area contributed by atoms with Gasteiger partial charge in [-0.1, -0.05) is 13.3 Å². The van der Waals surface area contributed by atoms with Gasteiger partial charge in [-0.25, -0.2) is 0 Å². The van der Waals surface area contributed by atoms with Gasteiger partial charge in [-0.15, -0.1) is 0 Å². The number of likely N-dealkylation sites (tertiary alicyclic amines) is 1. The highest BCUT2D eigenvalue weighted by molar-refractivity contribution is 5.82. The molecule has 1 heterocycles. The van der Waals surface area contributed by atoms with Crippen LogP contribution in [-0.4, -0.2) is 42.5 Å². The minimum Gasteiger partial charge on any atom is -0.469 e. The Morgan fingerprint density at radius 3 is 2.78 bits per heavy atom. The Balaban J connectivity index is 2.63. The summed E-state index contributed by atoms with van der Waals surface area (Å²) in [7, 11) is 1.38. The van der Waals surface area contributed by atoms with Gasteiger partial charge in [0.15, 0.2) is 0 Å². The lowest BCUT2D eigenvalue weighted by Crippen LogP contribution is -2.51. The van der Waals surface area contributed by atoms with E-state index in [-0.39, 0.29) is 24.3 Å². The monoisotopic (exact) mass is 256 g/mol. The summed E-state index contributed by atoms with van der Waals surface area (Å²) < 4.78 is 4.68. The molecule has 1 aliphatic heterocycles. The maximum absolute atomic E-state index is 12.2. The van der Waals surface area contributed by atoms with Crippen LogP contribution in [0.4, 0.5) is 0 Å². The first kappa shape index (κ1) is 15.0. The molecule has 0 aliphatic carbocycles. The normalized spacial score (nSPS) is 21.5. The molecule has 18 heavy (non-hydrogen) atoms. The molecule has 1 aliphatic rings. The van der Waals surface area contributed by atoms with Gasteiger partial charge in [0.25, 0.3) is 0 Å². The SMILES string of the molecule is CCC[C@@H](N)C(=O)N1CCCCC1CC(=O)OC. The number of hydrogen-bond acceptors (Lipinski definition) is 4. The van der Waals surface area contributed by atoms with Crippen molar-refractivity contribution in [2.45, 2.75) is 57.5 Å². The largest absolute Gasteiger partial charge is 0.469 e. The summed E-state index contributed by atoms with van der Waals surface area (Å²) in [5.74, 6) is -0.283. The van der Waals surface area contributed by atoms with Crippen LogP contribution in [0, 0.1) is 0 Å². The average molecular weight is 256 g/mol. The molecule has 5 nitrogen and oxygen atoms in total. The first-order valence-corrected chi connectivity index (χ1v) is 6.73. The molecule has 0 saturated carbocycles. The van der Waals surface area contributed by atoms with Crippen LogP contribution < -0.4 is 5.73 Å². The van der Waals surface area contributed by atoms with Crippen molar-refractivity contribution in [1.29, 1.82) is 0 Å². The Kier molecular flexibility index (Phi) is 6.12. The molecule has 1 amide bonds. The van der Waals surface area contributed by atoms with Gasteiger partial charge < -0.3 is 15.4 Å². The number of piperidine rings is 1.